The molecule has 3 fully saturated rings. The van der Waals surface area contributed by atoms with Crippen molar-refractivity contribution in [2.24, 2.45) is 0 Å². The van der Waals surface area contributed by atoms with Crippen molar-refractivity contribution in [1.82, 2.24) is 14.9 Å². The van der Waals surface area contributed by atoms with Crippen molar-refractivity contribution in [3.63, 3.8) is 0 Å². The molecule has 2 N–H and O–H groups in total. The molecule has 5 heteroatoms. The van der Waals surface area contributed by atoms with Gasteiger partial charge in [0.05, 0.1) is 5.60 Å². The van der Waals surface area contributed by atoms with Crippen molar-refractivity contribution in [2.45, 2.75) is 63.1 Å². The van der Waals surface area contributed by atoms with E-state index in [1.165, 1.54) is 0 Å². The molecule has 122 valence electrons. The number of amides is 1. The van der Waals surface area contributed by atoms with Gasteiger partial charge in [-0.3, -0.25) is 4.79 Å². The Morgan fingerprint density at radius 3 is 3.09 bits per heavy atom. The summed E-state index contributed by atoms with van der Waals surface area (Å²) in [6.07, 6.45) is 8.15. The van der Waals surface area contributed by atoms with Gasteiger partial charge in [-0.15, -0.1) is 0 Å². The highest BCUT2D eigenvalue weighted by Crippen LogP contribution is 2.47. The molecule has 4 heterocycles. The number of nitrogens with one attached hydrogen (secondary N) is 1. The highest BCUT2D eigenvalue weighted by atomic mass is 16.3. The number of hydrogen-bond acceptors (Lipinski definition) is 3. The fourth-order valence-corrected chi connectivity index (χ4v) is 4.35. The largest absolute Gasteiger partial charge is 0.390 e. The Morgan fingerprint density at radius 2 is 2.30 bits per heavy atom. The van der Waals surface area contributed by atoms with E-state index in [-0.39, 0.29) is 18.0 Å². The number of aromatic nitrogens is 2. The third-order valence-electron chi connectivity index (χ3n) is 5.54. The van der Waals surface area contributed by atoms with Gasteiger partial charge in [0.2, 0.25) is 5.91 Å². The van der Waals surface area contributed by atoms with Crippen LogP contribution in [0.1, 0.15) is 44.6 Å². The first-order valence-corrected chi connectivity index (χ1v) is 8.54. The number of hydrogen-bond donors (Lipinski definition) is 2. The van der Waals surface area contributed by atoms with Crippen LogP contribution in [0.5, 0.6) is 0 Å². The second-order valence-electron chi connectivity index (χ2n) is 7.07. The summed E-state index contributed by atoms with van der Waals surface area (Å²) in [5.41, 5.74) is 1.53. The number of piperidine rings is 2. The normalized spacial score (nSPS) is 29.6. The first-order valence-electron chi connectivity index (χ1n) is 8.54. The van der Waals surface area contributed by atoms with Crippen molar-refractivity contribution in [3.05, 3.63) is 30.1 Å². The molecule has 2 saturated heterocycles. The summed E-state index contributed by atoms with van der Waals surface area (Å²) in [6, 6.07) is 4.41. The van der Waals surface area contributed by atoms with Crippen molar-refractivity contribution >= 4 is 16.9 Å². The summed E-state index contributed by atoms with van der Waals surface area (Å²) < 4.78 is 0. The number of fused-ring (bicyclic) bond motifs is 3. The van der Waals surface area contributed by atoms with Gasteiger partial charge in [0.1, 0.15) is 5.65 Å². The van der Waals surface area contributed by atoms with E-state index in [0.29, 0.717) is 6.42 Å². The number of rotatable bonds is 4. The Balaban J connectivity index is 1.45. The fourth-order valence-electron chi connectivity index (χ4n) is 4.35. The zero-order valence-corrected chi connectivity index (χ0v) is 13.5. The summed E-state index contributed by atoms with van der Waals surface area (Å²) in [5, 5.41) is 11.4. The van der Waals surface area contributed by atoms with Gasteiger partial charge in [-0.05, 0) is 49.8 Å². The van der Waals surface area contributed by atoms with E-state index in [4.69, 9.17) is 0 Å². The molecule has 1 aliphatic carbocycles. The SMILES string of the molecule is CCC1CC2(O)CC(C2)N1C(=O)CCc1c[nH]c2ncccc12. The van der Waals surface area contributed by atoms with Crippen LogP contribution in [0.3, 0.4) is 0 Å². The molecule has 2 aliphatic heterocycles. The predicted molar refractivity (Wildman–Crippen MR) is 87.9 cm³/mol. The predicted octanol–water partition coefficient (Wildman–Crippen LogP) is 2.40. The number of carbonyl (C=O) groups excluding carboxylic acids is 1. The van der Waals surface area contributed by atoms with Gasteiger partial charge in [-0.2, -0.15) is 0 Å². The van der Waals surface area contributed by atoms with Crippen LogP contribution in [0, 0.1) is 0 Å². The van der Waals surface area contributed by atoms with Gasteiger partial charge in [-0.25, -0.2) is 4.98 Å². The Kier molecular flexibility index (Phi) is 3.41. The van der Waals surface area contributed by atoms with E-state index in [9.17, 15) is 9.90 Å². The fraction of sp³-hybridized carbons (Fsp3) is 0.556. The maximum Gasteiger partial charge on any atom is 0.223 e. The molecule has 5 nitrogen and oxygen atoms in total. The van der Waals surface area contributed by atoms with Gasteiger partial charge >= 0.3 is 0 Å². The molecule has 3 aliphatic rings. The lowest BCUT2D eigenvalue weighted by Gasteiger charge is -2.58. The van der Waals surface area contributed by atoms with Crippen LogP contribution in [0.2, 0.25) is 0 Å². The summed E-state index contributed by atoms with van der Waals surface area (Å²) in [6.45, 7) is 2.10. The number of pyridine rings is 1. The van der Waals surface area contributed by atoms with E-state index < -0.39 is 5.60 Å². The summed E-state index contributed by atoms with van der Waals surface area (Å²) in [5.74, 6) is 0.224. The highest BCUT2D eigenvalue weighted by Gasteiger charge is 2.54. The maximum absolute atomic E-state index is 12.8. The lowest BCUT2D eigenvalue weighted by atomic mass is 9.66. The minimum Gasteiger partial charge on any atom is -0.390 e. The second kappa shape index (κ2) is 5.34. The van der Waals surface area contributed by atoms with Crippen LogP contribution >= 0.6 is 0 Å². The molecule has 1 saturated carbocycles. The van der Waals surface area contributed by atoms with Crippen molar-refractivity contribution in [3.8, 4) is 0 Å². The van der Waals surface area contributed by atoms with Gasteiger partial charge in [0, 0.05) is 36.3 Å². The Hall–Kier alpha value is -1.88. The van der Waals surface area contributed by atoms with Crippen LogP contribution in [0.15, 0.2) is 24.5 Å². The number of nitrogens with zero attached hydrogens (tertiary/aromatic N) is 2. The van der Waals surface area contributed by atoms with Crippen LogP contribution in [-0.4, -0.2) is 43.6 Å². The van der Waals surface area contributed by atoms with Crippen molar-refractivity contribution in [2.75, 3.05) is 0 Å². The molecule has 23 heavy (non-hydrogen) atoms. The molecule has 1 unspecified atom stereocenters. The number of aryl methyl sites for hydroxylation is 1. The van der Waals surface area contributed by atoms with E-state index >= 15 is 0 Å². The molecule has 2 bridgehead atoms. The van der Waals surface area contributed by atoms with Crippen molar-refractivity contribution in [1.29, 1.82) is 0 Å². The standard InChI is InChI=1S/C18H23N3O2/c1-2-13-8-18(23)9-14(10-18)21(13)16(22)6-5-12-11-20-17-15(12)4-3-7-19-17/h3-4,7,11,13-14,23H,2,5-6,8-10H2,1H3,(H,19,20). The van der Waals surface area contributed by atoms with Gasteiger partial charge < -0.3 is 15.0 Å². The smallest absolute Gasteiger partial charge is 0.223 e. The molecule has 0 aromatic carbocycles. The molecule has 2 aromatic rings. The third-order valence-corrected chi connectivity index (χ3v) is 5.54. The molecule has 2 aromatic heterocycles. The first kappa shape index (κ1) is 14.7. The Labute approximate surface area is 135 Å². The quantitative estimate of drug-likeness (QED) is 0.910. The van der Waals surface area contributed by atoms with Gasteiger partial charge in [0.15, 0.2) is 0 Å². The van der Waals surface area contributed by atoms with E-state index in [2.05, 4.69) is 21.8 Å². The lowest BCUT2D eigenvalue weighted by molar-refractivity contribution is -0.178. The van der Waals surface area contributed by atoms with E-state index in [0.717, 1.165) is 48.7 Å². The Morgan fingerprint density at radius 1 is 1.48 bits per heavy atom. The number of H-pyrrole nitrogens is 1. The molecule has 0 radical (unpaired) electrons. The highest BCUT2D eigenvalue weighted by molar-refractivity contribution is 5.82. The average molecular weight is 313 g/mol. The zero-order chi connectivity index (χ0) is 16.0. The molecule has 1 atom stereocenters. The molecular formula is C18H23N3O2. The number of aliphatic hydroxyl groups is 1. The van der Waals surface area contributed by atoms with Crippen LogP contribution in [0.25, 0.3) is 11.0 Å². The lowest BCUT2D eigenvalue weighted by Crippen LogP contribution is -2.67. The van der Waals surface area contributed by atoms with Crippen LogP contribution in [0.4, 0.5) is 0 Å². The van der Waals surface area contributed by atoms with Crippen LogP contribution in [-0.2, 0) is 11.2 Å². The first-order chi connectivity index (χ1) is 11.1. The van der Waals surface area contributed by atoms with Gasteiger partial charge in [0.25, 0.3) is 0 Å². The minimum absolute atomic E-state index is 0.199. The van der Waals surface area contributed by atoms with Crippen molar-refractivity contribution < 1.29 is 9.90 Å². The van der Waals surface area contributed by atoms with E-state index in [1.807, 2.05) is 18.3 Å². The molecule has 0 spiro atoms. The maximum atomic E-state index is 12.8. The number of carbonyl (C=O) groups is 1. The second-order valence-corrected chi connectivity index (χ2v) is 7.07. The molecular weight excluding hydrogens is 290 g/mol. The minimum atomic E-state index is -0.495. The topological polar surface area (TPSA) is 69.2 Å². The Bertz CT molecular complexity index is 733. The third kappa shape index (κ3) is 2.43. The summed E-state index contributed by atoms with van der Waals surface area (Å²) in [7, 11) is 0. The average Bonchev–Trinajstić information content (AvgIpc) is 2.94. The summed E-state index contributed by atoms with van der Waals surface area (Å²) >= 11 is 0. The van der Waals surface area contributed by atoms with E-state index in [1.54, 1.807) is 6.20 Å². The monoisotopic (exact) mass is 313 g/mol. The zero-order valence-electron chi connectivity index (χ0n) is 13.5. The van der Waals surface area contributed by atoms with Gasteiger partial charge in [-0.1, -0.05) is 6.92 Å². The molecule has 1 amide bonds. The number of aromatic amines is 1. The molecule has 5 rings (SSSR count). The van der Waals surface area contributed by atoms with Crippen LogP contribution < -0.4 is 0 Å². The summed E-state index contributed by atoms with van der Waals surface area (Å²) in [4.78, 5) is 22.3.